The number of ether oxygens (including phenoxy) is 2. The van der Waals surface area contributed by atoms with Gasteiger partial charge in [-0.2, -0.15) is 5.10 Å². The zero-order valence-corrected chi connectivity index (χ0v) is 15.7. The summed E-state index contributed by atoms with van der Waals surface area (Å²) < 4.78 is 11.3. The number of nitrogens with one attached hydrogen (secondary N) is 1. The molecule has 1 amide bonds. The minimum absolute atomic E-state index is 0.239. The monoisotopic (exact) mass is 430 g/mol. The predicted molar refractivity (Wildman–Crippen MR) is 98.4 cm³/mol. The predicted octanol–water partition coefficient (Wildman–Crippen LogP) is 4.29. The summed E-state index contributed by atoms with van der Waals surface area (Å²) in [6.07, 6.45) is 1.50. The summed E-state index contributed by atoms with van der Waals surface area (Å²) in [5, 5.41) is 4.50. The first-order valence-electron chi connectivity index (χ1n) is 6.73. The number of carbonyl (C=O) groups is 1. The number of hydrogen-bond donors (Lipinski definition) is 1. The first kappa shape index (κ1) is 18.6. The summed E-state index contributed by atoms with van der Waals surface area (Å²) in [4.78, 5) is 11.7. The zero-order valence-electron chi connectivity index (χ0n) is 12.6. The highest BCUT2D eigenvalue weighted by Crippen LogP contribution is 2.31. The highest BCUT2D eigenvalue weighted by molar-refractivity contribution is 9.10. The van der Waals surface area contributed by atoms with E-state index >= 15 is 0 Å². The largest absolute Gasteiger partial charge is 0.497 e. The molecule has 0 aromatic heterocycles. The lowest BCUT2D eigenvalue weighted by atomic mass is 10.2. The van der Waals surface area contributed by atoms with Crippen molar-refractivity contribution in [2.45, 2.75) is 0 Å². The topological polar surface area (TPSA) is 59.9 Å². The second kappa shape index (κ2) is 8.92. The molecule has 0 saturated carbocycles. The Bertz CT molecular complexity index is 769. The Kier molecular flexibility index (Phi) is 6.90. The smallest absolute Gasteiger partial charge is 0.277 e. The van der Waals surface area contributed by atoms with E-state index in [0.717, 1.165) is 10.0 Å². The molecule has 5 nitrogen and oxygen atoms in total. The molecular formula is C16H13BrCl2N2O3. The summed E-state index contributed by atoms with van der Waals surface area (Å²) in [7, 11) is 1.57. The second-order valence-corrected chi connectivity index (χ2v) is 6.16. The van der Waals surface area contributed by atoms with Crippen molar-refractivity contribution in [1.29, 1.82) is 0 Å². The highest BCUT2D eigenvalue weighted by Gasteiger charge is 2.08. The number of methoxy groups -OCH3 is 1. The van der Waals surface area contributed by atoms with Gasteiger partial charge in [0.25, 0.3) is 5.91 Å². The molecule has 0 spiro atoms. The second-order valence-electron chi connectivity index (χ2n) is 4.52. The number of halogens is 3. The van der Waals surface area contributed by atoms with Crippen LogP contribution in [0.2, 0.25) is 10.0 Å². The minimum Gasteiger partial charge on any atom is -0.497 e. The van der Waals surface area contributed by atoms with Crippen LogP contribution in [0.3, 0.4) is 0 Å². The van der Waals surface area contributed by atoms with E-state index in [9.17, 15) is 4.79 Å². The maximum atomic E-state index is 11.7. The molecule has 0 aliphatic carbocycles. The Morgan fingerprint density at radius 2 is 2.12 bits per heavy atom. The van der Waals surface area contributed by atoms with Gasteiger partial charge in [0.2, 0.25) is 0 Å². The van der Waals surface area contributed by atoms with Crippen LogP contribution in [0.5, 0.6) is 11.5 Å². The average Bonchev–Trinajstić information content (AvgIpc) is 2.58. The number of hydrogen-bond acceptors (Lipinski definition) is 4. The van der Waals surface area contributed by atoms with Gasteiger partial charge in [0.1, 0.15) is 16.5 Å². The van der Waals surface area contributed by atoms with Crippen LogP contribution in [0.15, 0.2) is 46.0 Å². The summed E-state index contributed by atoms with van der Waals surface area (Å²) in [5.41, 5.74) is 3.13. The van der Waals surface area contributed by atoms with Gasteiger partial charge in [-0.3, -0.25) is 4.79 Å². The van der Waals surface area contributed by atoms with Crippen LogP contribution >= 0.6 is 39.1 Å². The van der Waals surface area contributed by atoms with Crippen molar-refractivity contribution in [2.75, 3.05) is 13.7 Å². The molecule has 2 aromatic carbocycles. The fraction of sp³-hybridized carbons (Fsp3) is 0.125. The van der Waals surface area contributed by atoms with Crippen molar-refractivity contribution in [1.82, 2.24) is 5.43 Å². The molecule has 0 aliphatic heterocycles. The van der Waals surface area contributed by atoms with Gasteiger partial charge in [0.15, 0.2) is 6.61 Å². The van der Waals surface area contributed by atoms with Crippen LogP contribution < -0.4 is 14.9 Å². The number of rotatable bonds is 6. The Balaban J connectivity index is 1.90. The third-order valence-electron chi connectivity index (χ3n) is 2.87. The molecule has 0 saturated heterocycles. The number of hydrazone groups is 1. The van der Waals surface area contributed by atoms with E-state index in [1.165, 1.54) is 6.21 Å². The molecule has 0 bridgehead atoms. The van der Waals surface area contributed by atoms with Gasteiger partial charge in [-0.1, -0.05) is 45.2 Å². The molecule has 0 heterocycles. The van der Waals surface area contributed by atoms with Crippen LogP contribution in [0, 0.1) is 0 Å². The molecule has 2 aromatic rings. The van der Waals surface area contributed by atoms with Crippen LogP contribution in [0.25, 0.3) is 0 Å². The first-order chi connectivity index (χ1) is 11.5. The third-order valence-corrected chi connectivity index (χ3v) is 4.39. The normalized spacial score (nSPS) is 10.7. The van der Waals surface area contributed by atoms with E-state index in [0.29, 0.717) is 16.5 Å². The lowest BCUT2D eigenvalue weighted by Crippen LogP contribution is -2.24. The maximum absolute atomic E-state index is 11.7. The molecule has 2 rings (SSSR count). The van der Waals surface area contributed by atoms with E-state index < -0.39 is 5.91 Å². The standard InChI is InChI=1S/C16H13BrCl2N2O3/c1-23-11-5-6-12(17)10(7-11)8-20-21-15(22)9-24-14-4-2-3-13(18)16(14)19/h2-8H,9H2,1H3,(H,21,22)/b20-8+. The van der Waals surface area contributed by atoms with E-state index in [1.807, 2.05) is 12.1 Å². The Morgan fingerprint density at radius 1 is 1.33 bits per heavy atom. The number of nitrogens with zero attached hydrogens (tertiary/aromatic N) is 1. The molecule has 0 fully saturated rings. The van der Waals surface area contributed by atoms with E-state index in [-0.39, 0.29) is 11.6 Å². The highest BCUT2D eigenvalue weighted by atomic mass is 79.9. The van der Waals surface area contributed by atoms with E-state index in [4.69, 9.17) is 32.7 Å². The van der Waals surface area contributed by atoms with Crippen molar-refractivity contribution in [2.24, 2.45) is 5.10 Å². The molecule has 0 atom stereocenters. The summed E-state index contributed by atoms with van der Waals surface area (Å²) in [6, 6.07) is 10.3. The Hall–Kier alpha value is -1.76. The van der Waals surface area contributed by atoms with Gasteiger partial charge in [-0.15, -0.1) is 0 Å². The maximum Gasteiger partial charge on any atom is 0.277 e. The molecule has 1 N–H and O–H groups in total. The fourth-order valence-electron chi connectivity index (χ4n) is 1.69. The van der Waals surface area contributed by atoms with Gasteiger partial charge in [-0.05, 0) is 30.3 Å². The van der Waals surface area contributed by atoms with Gasteiger partial charge in [0.05, 0.1) is 18.3 Å². The SMILES string of the molecule is COc1ccc(Br)c(/C=N/NC(=O)COc2cccc(Cl)c2Cl)c1. The average molecular weight is 432 g/mol. The number of benzene rings is 2. The van der Waals surface area contributed by atoms with Crippen molar-refractivity contribution in [3.05, 3.63) is 56.5 Å². The van der Waals surface area contributed by atoms with Gasteiger partial charge in [-0.25, -0.2) is 5.43 Å². The number of amides is 1. The van der Waals surface area contributed by atoms with E-state index in [1.54, 1.807) is 31.4 Å². The molecule has 8 heteroatoms. The third kappa shape index (κ3) is 5.12. The van der Waals surface area contributed by atoms with Gasteiger partial charge >= 0.3 is 0 Å². The van der Waals surface area contributed by atoms with Crippen LogP contribution in [0.4, 0.5) is 0 Å². The lowest BCUT2D eigenvalue weighted by Gasteiger charge is -2.07. The Labute approximate surface area is 157 Å². The first-order valence-corrected chi connectivity index (χ1v) is 8.28. The minimum atomic E-state index is -0.429. The van der Waals surface area contributed by atoms with Crippen molar-refractivity contribution < 1.29 is 14.3 Å². The van der Waals surface area contributed by atoms with Crippen LogP contribution in [-0.4, -0.2) is 25.8 Å². The lowest BCUT2D eigenvalue weighted by molar-refractivity contribution is -0.123. The quantitative estimate of drug-likeness (QED) is 0.548. The summed E-state index contributed by atoms with van der Waals surface area (Å²) in [6.45, 7) is -0.239. The zero-order chi connectivity index (χ0) is 17.5. The summed E-state index contributed by atoms with van der Waals surface area (Å²) in [5.74, 6) is 0.588. The molecule has 0 radical (unpaired) electrons. The van der Waals surface area contributed by atoms with Crippen molar-refractivity contribution in [3.8, 4) is 11.5 Å². The van der Waals surface area contributed by atoms with Crippen molar-refractivity contribution in [3.63, 3.8) is 0 Å². The van der Waals surface area contributed by atoms with E-state index in [2.05, 4.69) is 26.5 Å². The van der Waals surface area contributed by atoms with Crippen LogP contribution in [-0.2, 0) is 4.79 Å². The van der Waals surface area contributed by atoms with Crippen molar-refractivity contribution >= 4 is 51.3 Å². The molecule has 126 valence electrons. The molecule has 0 aliphatic rings. The molecule has 24 heavy (non-hydrogen) atoms. The van der Waals surface area contributed by atoms with Gasteiger partial charge in [0, 0.05) is 10.0 Å². The van der Waals surface area contributed by atoms with Crippen LogP contribution in [0.1, 0.15) is 5.56 Å². The fourth-order valence-corrected chi connectivity index (χ4v) is 2.39. The van der Waals surface area contributed by atoms with Gasteiger partial charge < -0.3 is 9.47 Å². The summed E-state index contributed by atoms with van der Waals surface area (Å²) >= 11 is 15.2. The molecule has 0 unspecified atom stereocenters. The molecular weight excluding hydrogens is 419 g/mol. The number of carbonyl (C=O) groups excluding carboxylic acids is 1. The Morgan fingerprint density at radius 3 is 2.88 bits per heavy atom.